The zero-order valence-electron chi connectivity index (χ0n) is 12.4. The summed E-state index contributed by atoms with van der Waals surface area (Å²) >= 11 is 1.14. The lowest BCUT2D eigenvalue weighted by molar-refractivity contribution is 0.167. The lowest BCUT2D eigenvalue weighted by atomic mass is 10.3. The second-order valence-corrected chi connectivity index (χ2v) is 7.95. The summed E-state index contributed by atoms with van der Waals surface area (Å²) < 4.78 is 32.2. The van der Waals surface area contributed by atoms with Gasteiger partial charge < -0.3 is 9.84 Å². The quantitative estimate of drug-likeness (QED) is 0.795. The summed E-state index contributed by atoms with van der Waals surface area (Å²) in [6, 6.07) is 1.54. The second-order valence-electron chi connectivity index (χ2n) is 4.70. The van der Waals surface area contributed by atoms with Crippen molar-refractivity contribution in [3.63, 3.8) is 0 Å². The van der Waals surface area contributed by atoms with Crippen LogP contribution in [-0.4, -0.2) is 44.1 Å². The van der Waals surface area contributed by atoms with Crippen molar-refractivity contribution in [2.45, 2.75) is 44.0 Å². The number of methoxy groups -OCH3 is 1. The van der Waals surface area contributed by atoms with Crippen LogP contribution in [0.1, 0.15) is 30.7 Å². The summed E-state index contributed by atoms with van der Waals surface area (Å²) in [6.45, 7) is 6.22. The molecule has 20 heavy (non-hydrogen) atoms. The molecular formula is C13H23NO4S2. The Labute approximate surface area is 125 Å². The van der Waals surface area contributed by atoms with Crippen molar-refractivity contribution in [1.29, 1.82) is 0 Å². The van der Waals surface area contributed by atoms with Gasteiger partial charge in [-0.05, 0) is 31.9 Å². The molecule has 0 aromatic carbocycles. The van der Waals surface area contributed by atoms with Gasteiger partial charge in [-0.15, -0.1) is 11.3 Å². The number of thiophene rings is 1. The van der Waals surface area contributed by atoms with E-state index in [0.717, 1.165) is 23.3 Å². The SMILES string of the molecule is CCC(C)N(CCOC)S(=O)(=O)c1cc(C)c(CO)s1. The van der Waals surface area contributed by atoms with E-state index in [1.54, 1.807) is 13.2 Å². The molecule has 1 N–H and O–H groups in total. The number of aryl methyl sites for hydroxylation is 1. The van der Waals surface area contributed by atoms with Crippen LogP contribution in [0.4, 0.5) is 0 Å². The first kappa shape index (κ1) is 17.6. The van der Waals surface area contributed by atoms with Gasteiger partial charge in [-0.1, -0.05) is 6.92 Å². The minimum absolute atomic E-state index is 0.0878. The highest BCUT2D eigenvalue weighted by molar-refractivity contribution is 7.91. The van der Waals surface area contributed by atoms with E-state index < -0.39 is 10.0 Å². The van der Waals surface area contributed by atoms with Crippen LogP contribution in [0.5, 0.6) is 0 Å². The highest BCUT2D eigenvalue weighted by Gasteiger charge is 2.30. The third kappa shape index (κ3) is 3.79. The molecule has 0 fully saturated rings. The Kier molecular flexibility index (Phi) is 6.60. The fraction of sp³-hybridized carbons (Fsp3) is 0.692. The molecule has 1 rings (SSSR count). The molecule has 116 valence electrons. The largest absolute Gasteiger partial charge is 0.391 e. The van der Waals surface area contributed by atoms with E-state index in [-0.39, 0.29) is 16.9 Å². The molecule has 0 spiro atoms. The third-order valence-electron chi connectivity index (χ3n) is 3.30. The molecule has 0 aliphatic heterocycles. The van der Waals surface area contributed by atoms with Gasteiger partial charge in [-0.2, -0.15) is 4.31 Å². The van der Waals surface area contributed by atoms with Gasteiger partial charge in [0.1, 0.15) is 4.21 Å². The molecule has 0 aliphatic carbocycles. The van der Waals surface area contributed by atoms with Crippen molar-refractivity contribution in [3.8, 4) is 0 Å². The Hall–Kier alpha value is -0.470. The fourth-order valence-corrected chi connectivity index (χ4v) is 5.12. The molecule has 0 amide bonds. The van der Waals surface area contributed by atoms with Crippen LogP contribution in [0.25, 0.3) is 0 Å². The maximum Gasteiger partial charge on any atom is 0.252 e. The first-order valence-electron chi connectivity index (χ1n) is 6.59. The monoisotopic (exact) mass is 321 g/mol. The van der Waals surface area contributed by atoms with E-state index in [4.69, 9.17) is 4.74 Å². The standard InChI is InChI=1S/C13H23NO4S2/c1-5-11(3)14(6-7-18-4)20(16,17)13-8-10(2)12(9-15)19-13/h8,11,15H,5-7,9H2,1-4H3. The molecule has 0 saturated heterocycles. The topological polar surface area (TPSA) is 66.8 Å². The summed E-state index contributed by atoms with van der Waals surface area (Å²) in [6.07, 6.45) is 0.736. The minimum Gasteiger partial charge on any atom is -0.391 e. The van der Waals surface area contributed by atoms with Gasteiger partial charge in [-0.3, -0.25) is 0 Å². The lowest BCUT2D eigenvalue weighted by Crippen LogP contribution is -2.40. The van der Waals surface area contributed by atoms with Gasteiger partial charge >= 0.3 is 0 Å². The van der Waals surface area contributed by atoms with Crippen LogP contribution in [0.15, 0.2) is 10.3 Å². The first-order valence-corrected chi connectivity index (χ1v) is 8.85. The number of rotatable bonds is 8. The average Bonchev–Trinajstić information content (AvgIpc) is 2.80. The highest BCUT2D eigenvalue weighted by atomic mass is 32.2. The second kappa shape index (κ2) is 7.51. The Balaban J connectivity index is 3.14. The van der Waals surface area contributed by atoms with Crippen LogP contribution < -0.4 is 0 Å². The van der Waals surface area contributed by atoms with Gasteiger partial charge in [0.25, 0.3) is 10.0 Å². The maximum absolute atomic E-state index is 12.7. The number of sulfonamides is 1. The van der Waals surface area contributed by atoms with E-state index in [9.17, 15) is 13.5 Å². The molecule has 1 unspecified atom stereocenters. The fourth-order valence-electron chi connectivity index (χ4n) is 1.85. The Morgan fingerprint density at radius 3 is 2.60 bits per heavy atom. The molecule has 0 saturated carbocycles. The van der Waals surface area contributed by atoms with Gasteiger partial charge in [0, 0.05) is 24.6 Å². The lowest BCUT2D eigenvalue weighted by Gasteiger charge is -2.26. The van der Waals surface area contributed by atoms with Crippen LogP contribution in [0, 0.1) is 6.92 Å². The molecule has 1 aromatic heterocycles. The molecule has 0 bridgehead atoms. The van der Waals surface area contributed by atoms with Gasteiger partial charge in [0.15, 0.2) is 0 Å². The van der Waals surface area contributed by atoms with Crippen LogP contribution in [0.3, 0.4) is 0 Å². The number of hydrogen-bond donors (Lipinski definition) is 1. The van der Waals surface area contributed by atoms with Crippen molar-refractivity contribution >= 4 is 21.4 Å². The Morgan fingerprint density at radius 1 is 1.50 bits per heavy atom. The van der Waals surface area contributed by atoms with E-state index in [1.165, 1.54) is 4.31 Å². The number of nitrogens with zero attached hydrogens (tertiary/aromatic N) is 1. The highest BCUT2D eigenvalue weighted by Crippen LogP contribution is 2.29. The molecule has 0 aliphatic rings. The Bertz CT molecular complexity index is 524. The zero-order valence-corrected chi connectivity index (χ0v) is 14.1. The molecule has 5 nitrogen and oxygen atoms in total. The van der Waals surface area contributed by atoms with Gasteiger partial charge in [0.05, 0.1) is 13.2 Å². The van der Waals surface area contributed by atoms with Gasteiger partial charge in [-0.25, -0.2) is 8.42 Å². The predicted molar refractivity (Wildman–Crippen MR) is 80.5 cm³/mol. The summed E-state index contributed by atoms with van der Waals surface area (Å²) in [5, 5.41) is 9.21. The zero-order chi connectivity index (χ0) is 15.3. The smallest absolute Gasteiger partial charge is 0.252 e. The first-order chi connectivity index (χ1) is 9.38. The predicted octanol–water partition coefficient (Wildman–Crippen LogP) is 1.98. The summed E-state index contributed by atoms with van der Waals surface area (Å²) in [5.74, 6) is 0. The summed E-state index contributed by atoms with van der Waals surface area (Å²) in [4.78, 5) is 0.694. The molecule has 1 heterocycles. The van der Waals surface area contributed by atoms with E-state index in [0.29, 0.717) is 18.0 Å². The van der Waals surface area contributed by atoms with Crippen molar-refractivity contribution in [3.05, 3.63) is 16.5 Å². The molecule has 1 atom stereocenters. The normalized spacial score (nSPS) is 13.9. The average molecular weight is 321 g/mol. The van der Waals surface area contributed by atoms with E-state index in [2.05, 4.69) is 0 Å². The number of aliphatic hydroxyl groups excluding tert-OH is 1. The number of aliphatic hydroxyl groups is 1. The van der Waals surface area contributed by atoms with Crippen LogP contribution in [-0.2, 0) is 21.4 Å². The van der Waals surface area contributed by atoms with E-state index in [1.807, 2.05) is 20.8 Å². The van der Waals surface area contributed by atoms with Crippen molar-refractivity contribution in [1.82, 2.24) is 4.31 Å². The van der Waals surface area contributed by atoms with Crippen LogP contribution in [0.2, 0.25) is 0 Å². The van der Waals surface area contributed by atoms with E-state index >= 15 is 0 Å². The van der Waals surface area contributed by atoms with Gasteiger partial charge in [0.2, 0.25) is 0 Å². The van der Waals surface area contributed by atoms with Crippen molar-refractivity contribution in [2.75, 3.05) is 20.3 Å². The minimum atomic E-state index is -3.54. The van der Waals surface area contributed by atoms with Crippen molar-refractivity contribution in [2.24, 2.45) is 0 Å². The van der Waals surface area contributed by atoms with Crippen molar-refractivity contribution < 1.29 is 18.3 Å². The molecule has 7 heteroatoms. The molecular weight excluding hydrogens is 298 g/mol. The van der Waals surface area contributed by atoms with Crippen LogP contribution >= 0.6 is 11.3 Å². The maximum atomic E-state index is 12.7. The summed E-state index contributed by atoms with van der Waals surface area (Å²) in [5.41, 5.74) is 0.812. The summed E-state index contributed by atoms with van der Waals surface area (Å²) in [7, 11) is -1.98. The Morgan fingerprint density at radius 2 is 2.15 bits per heavy atom. The molecule has 0 radical (unpaired) electrons. The number of ether oxygens (including phenoxy) is 1. The molecule has 1 aromatic rings. The number of hydrogen-bond acceptors (Lipinski definition) is 5. The third-order valence-corrected chi connectivity index (χ3v) is 6.99.